The summed E-state index contributed by atoms with van der Waals surface area (Å²) in [6.07, 6.45) is 0. The zero-order chi connectivity index (χ0) is 37.2. The molecule has 0 N–H and O–H groups in total. The third kappa shape index (κ3) is 5.78. The number of para-hydroxylation sites is 2. The fourth-order valence-corrected chi connectivity index (χ4v) is 10.6. The lowest BCUT2D eigenvalue weighted by atomic mass is 9.88. The van der Waals surface area contributed by atoms with Crippen LogP contribution in [0.15, 0.2) is 170 Å². The first-order chi connectivity index (χ1) is 26.1. The van der Waals surface area contributed by atoms with Crippen molar-refractivity contribution in [1.82, 2.24) is 0 Å². The van der Waals surface area contributed by atoms with Crippen molar-refractivity contribution in [2.75, 3.05) is 9.80 Å². The largest absolute Gasteiger partial charge is 0.310 e. The van der Waals surface area contributed by atoms with Gasteiger partial charge in [0, 0.05) is 33.5 Å². The van der Waals surface area contributed by atoms with Crippen LogP contribution in [-0.4, -0.2) is 16.1 Å². The first-order valence-corrected chi connectivity index (χ1v) is 26.1. The van der Waals surface area contributed by atoms with Gasteiger partial charge in [-0.05, 0) is 93.0 Å². The molecule has 0 bridgehead atoms. The van der Waals surface area contributed by atoms with Crippen molar-refractivity contribution in [3.05, 3.63) is 170 Å². The third-order valence-corrected chi connectivity index (χ3v) is 15.2. The molecule has 0 spiro atoms. The summed E-state index contributed by atoms with van der Waals surface area (Å²) in [4.78, 5) is 4.86. The van der Waals surface area contributed by atoms with Crippen LogP contribution in [0, 0.1) is 0 Å². The van der Waals surface area contributed by atoms with Crippen LogP contribution in [0.2, 0.25) is 39.3 Å². The maximum absolute atomic E-state index is 2.43. The Bertz CT molecular complexity index is 2550. The number of benzene rings is 9. The van der Waals surface area contributed by atoms with Gasteiger partial charge in [0.1, 0.15) is 0 Å². The summed E-state index contributed by atoms with van der Waals surface area (Å²) in [5.74, 6) is 0. The molecule has 0 aliphatic carbocycles. The molecule has 0 saturated heterocycles. The summed E-state index contributed by atoms with van der Waals surface area (Å²) in [7, 11) is -2.88. The minimum absolute atomic E-state index is 1.15. The molecule has 264 valence electrons. The van der Waals surface area contributed by atoms with Gasteiger partial charge >= 0.3 is 0 Å². The van der Waals surface area contributed by atoms with E-state index in [1.165, 1.54) is 76.2 Å². The van der Waals surface area contributed by atoms with Gasteiger partial charge in [0.25, 0.3) is 0 Å². The molecule has 0 unspecified atom stereocenters. The Morgan fingerprint density at radius 3 is 0.944 bits per heavy atom. The number of hydrogen-bond donors (Lipinski definition) is 0. The predicted octanol–water partition coefficient (Wildman–Crippen LogP) is 13.8. The Balaban J connectivity index is 1.27. The van der Waals surface area contributed by atoms with Gasteiger partial charge in [-0.15, -0.1) is 0 Å². The van der Waals surface area contributed by atoms with E-state index in [2.05, 4.69) is 219 Å². The summed E-state index contributed by atoms with van der Waals surface area (Å²) in [5.41, 5.74) is 7.02. The average molecular weight is 731 g/mol. The van der Waals surface area contributed by atoms with Crippen molar-refractivity contribution in [3.63, 3.8) is 0 Å². The molecule has 0 amide bonds. The maximum atomic E-state index is 2.43. The second-order valence-corrected chi connectivity index (χ2v) is 26.8. The van der Waals surface area contributed by atoms with E-state index in [4.69, 9.17) is 0 Å². The Labute approximate surface area is 321 Å². The van der Waals surface area contributed by atoms with E-state index >= 15 is 0 Å². The molecule has 0 aliphatic rings. The van der Waals surface area contributed by atoms with Crippen molar-refractivity contribution >= 4 is 104 Å². The van der Waals surface area contributed by atoms with Gasteiger partial charge in [0.05, 0.1) is 27.5 Å². The molecule has 4 heteroatoms. The smallest absolute Gasteiger partial charge is 0.0775 e. The van der Waals surface area contributed by atoms with Gasteiger partial charge in [0.15, 0.2) is 0 Å². The van der Waals surface area contributed by atoms with Gasteiger partial charge in [-0.3, -0.25) is 0 Å². The standard InChI is InChI=1S/C50H46N2Si2/c1-53(2,3)39-27-23-37(24-28-39)51(35-15-9-7-10-16-35)47-33-31-43-44-32-34-48(46-22-14-20-42(50(44)46)41-19-13-21-45(47)49(41)43)52(36-17-11-8-12-18-36)38-25-29-40(30-26-38)54(4,5)6/h7-34H,1-6H3. The van der Waals surface area contributed by atoms with Gasteiger partial charge < -0.3 is 9.80 Å². The van der Waals surface area contributed by atoms with Crippen LogP contribution in [0.4, 0.5) is 34.1 Å². The average Bonchev–Trinajstić information content (AvgIpc) is 3.18. The number of rotatable bonds is 8. The van der Waals surface area contributed by atoms with Crippen molar-refractivity contribution < 1.29 is 0 Å². The number of nitrogens with zero attached hydrogens (tertiary/aromatic N) is 2. The van der Waals surface area contributed by atoms with Crippen LogP contribution in [0.5, 0.6) is 0 Å². The first kappa shape index (κ1) is 34.1. The minimum atomic E-state index is -1.44. The predicted molar refractivity (Wildman–Crippen MR) is 243 cm³/mol. The minimum Gasteiger partial charge on any atom is -0.310 e. The highest BCUT2D eigenvalue weighted by molar-refractivity contribution is 6.89. The lowest BCUT2D eigenvalue weighted by Gasteiger charge is -2.29. The Morgan fingerprint density at radius 1 is 0.278 bits per heavy atom. The van der Waals surface area contributed by atoms with E-state index in [0.717, 1.165) is 11.4 Å². The monoisotopic (exact) mass is 730 g/mol. The van der Waals surface area contributed by atoms with E-state index in [1.54, 1.807) is 0 Å². The van der Waals surface area contributed by atoms with Gasteiger partial charge in [0.2, 0.25) is 0 Å². The highest BCUT2D eigenvalue weighted by Crippen LogP contribution is 2.48. The lowest BCUT2D eigenvalue weighted by molar-refractivity contribution is 1.30. The second kappa shape index (κ2) is 13.0. The summed E-state index contributed by atoms with van der Waals surface area (Å²) in [6, 6.07) is 63.4. The fourth-order valence-electron chi connectivity index (χ4n) is 8.30. The highest BCUT2D eigenvalue weighted by atomic mass is 28.3. The van der Waals surface area contributed by atoms with Crippen molar-refractivity contribution in [2.45, 2.75) is 39.3 Å². The van der Waals surface area contributed by atoms with E-state index in [1.807, 2.05) is 0 Å². The topological polar surface area (TPSA) is 6.48 Å². The lowest BCUT2D eigenvalue weighted by Crippen LogP contribution is -2.37. The van der Waals surface area contributed by atoms with Crippen LogP contribution >= 0.6 is 0 Å². The van der Waals surface area contributed by atoms with Crippen LogP contribution in [0.1, 0.15) is 0 Å². The number of hydrogen-bond acceptors (Lipinski definition) is 2. The summed E-state index contributed by atoms with van der Waals surface area (Å²) in [6.45, 7) is 14.5. The third-order valence-electron chi connectivity index (χ3n) is 11.1. The highest BCUT2D eigenvalue weighted by Gasteiger charge is 2.24. The molecule has 0 atom stereocenters. The quantitative estimate of drug-likeness (QED) is 0.0872. The molecule has 9 aromatic carbocycles. The van der Waals surface area contributed by atoms with Gasteiger partial charge in [-0.2, -0.15) is 0 Å². The summed E-state index contributed by atoms with van der Waals surface area (Å²) in [5, 5.41) is 13.2. The molecule has 0 fully saturated rings. The molecule has 9 rings (SSSR count). The molecule has 0 aliphatic heterocycles. The van der Waals surface area contributed by atoms with Crippen LogP contribution in [0.3, 0.4) is 0 Å². The number of fused-ring (bicyclic) bond motifs is 2. The number of anilines is 6. The van der Waals surface area contributed by atoms with Crippen LogP contribution in [0.25, 0.3) is 43.1 Å². The van der Waals surface area contributed by atoms with Crippen LogP contribution < -0.4 is 20.2 Å². The van der Waals surface area contributed by atoms with Crippen molar-refractivity contribution in [1.29, 1.82) is 0 Å². The Morgan fingerprint density at radius 2 is 0.593 bits per heavy atom. The normalized spacial score (nSPS) is 12.3. The van der Waals surface area contributed by atoms with E-state index in [0.29, 0.717) is 0 Å². The summed E-state index contributed by atoms with van der Waals surface area (Å²) < 4.78 is 0. The van der Waals surface area contributed by atoms with Crippen molar-refractivity contribution in [3.8, 4) is 0 Å². The fraction of sp³-hybridized carbons (Fsp3) is 0.120. The zero-order valence-corrected chi connectivity index (χ0v) is 34.1. The molecule has 0 radical (unpaired) electrons. The molecule has 2 nitrogen and oxygen atoms in total. The zero-order valence-electron chi connectivity index (χ0n) is 32.1. The second-order valence-electron chi connectivity index (χ2n) is 16.7. The molecule has 54 heavy (non-hydrogen) atoms. The Kier molecular flexibility index (Phi) is 8.22. The Hall–Kier alpha value is -5.69. The van der Waals surface area contributed by atoms with Crippen molar-refractivity contribution in [2.24, 2.45) is 0 Å². The molecule has 0 heterocycles. The summed E-state index contributed by atoms with van der Waals surface area (Å²) >= 11 is 0. The van der Waals surface area contributed by atoms with E-state index in [-0.39, 0.29) is 0 Å². The van der Waals surface area contributed by atoms with E-state index < -0.39 is 16.1 Å². The molecule has 0 saturated carbocycles. The first-order valence-electron chi connectivity index (χ1n) is 19.1. The van der Waals surface area contributed by atoms with Crippen LogP contribution in [-0.2, 0) is 0 Å². The van der Waals surface area contributed by atoms with Gasteiger partial charge in [-0.1, -0.05) is 159 Å². The molecule has 9 aromatic rings. The maximum Gasteiger partial charge on any atom is 0.0775 e. The molecular weight excluding hydrogens is 685 g/mol. The van der Waals surface area contributed by atoms with E-state index in [9.17, 15) is 0 Å². The molecular formula is C50H46N2Si2. The van der Waals surface area contributed by atoms with Gasteiger partial charge in [-0.25, -0.2) is 0 Å². The SMILES string of the molecule is C[Si](C)(C)c1ccc(N(c2ccccc2)c2ccc3c4ccc(N(c5ccccc5)c5ccc([Si](C)(C)C)cc5)c5cccc(c6cccc2c63)c54)cc1. The molecule has 0 aromatic heterocycles.